The van der Waals surface area contributed by atoms with Gasteiger partial charge >= 0.3 is 0 Å². The van der Waals surface area contributed by atoms with Crippen molar-refractivity contribution in [3.8, 4) is 11.3 Å². The summed E-state index contributed by atoms with van der Waals surface area (Å²) in [6.07, 6.45) is 3.46. The number of thiazole rings is 1. The summed E-state index contributed by atoms with van der Waals surface area (Å²) in [4.78, 5) is 34.2. The molecular weight excluding hydrogens is 404 g/mol. The minimum atomic E-state index is -0.494. The SMILES string of the molecule is Cc1cc(NC(=O)C(C)(C)C)sc1C(=O)NC(C)c1nc(-c2ccncc2)cs1. The second-order valence-corrected chi connectivity index (χ2v) is 9.77. The van der Waals surface area contributed by atoms with Crippen LogP contribution in [0.2, 0.25) is 0 Å². The first-order chi connectivity index (χ1) is 13.6. The Kier molecular flexibility index (Phi) is 6.14. The van der Waals surface area contributed by atoms with E-state index in [0.717, 1.165) is 21.8 Å². The van der Waals surface area contributed by atoms with E-state index in [1.165, 1.54) is 22.7 Å². The van der Waals surface area contributed by atoms with E-state index < -0.39 is 5.41 Å². The van der Waals surface area contributed by atoms with Crippen molar-refractivity contribution in [3.63, 3.8) is 0 Å². The third-order valence-electron chi connectivity index (χ3n) is 4.26. The van der Waals surface area contributed by atoms with Gasteiger partial charge in [-0.3, -0.25) is 14.6 Å². The van der Waals surface area contributed by atoms with Crippen LogP contribution in [0.25, 0.3) is 11.3 Å². The zero-order chi connectivity index (χ0) is 21.2. The number of aromatic nitrogens is 2. The van der Waals surface area contributed by atoms with Crippen LogP contribution < -0.4 is 10.6 Å². The molecule has 2 N–H and O–H groups in total. The predicted molar refractivity (Wildman–Crippen MR) is 118 cm³/mol. The zero-order valence-electron chi connectivity index (χ0n) is 17.1. The fraction of sp³-hybridized carbons (Fsp3) is 0.333. The third kappa shape index (κ3) is 5.07. The van der Waals surface area contributed by atoms with Crippen molar-refractivity contribution in [3.05, 3.63) is 51.4 Å². The highest BCUT2D eigenvalue weighted by atomic mass is 32.1. The molecule has 0 aromatic carbocycles. The van der Waals surface area contributed by atoms with E-state index in [2.05, 4.69) is 20.6 Å². The molecule has 0 radical (unpaired) electrons. The summed E-state index contributed by atoms with van der Waals surface area (Å²) in [6.45, 7) is 9.34. The summed E-state index contributed by atoms with van der Waals surface area (Å²) in [7, 11) is 0. The monoisotopic (exact) mass is 428 g/mol. The number of nitrogens with zero attached hydrogens (tertiary/aromatic N) is 2. The Morgan fingerprint density at radius 3 is 2.52 bits per heavy atom. The molecule has 0 spiro atoms. The zero-order valence-corrected chi connectivity index (χ0v) is 18.7. The van der Waals surface area contributed by atoms with Gasteiger partial charge in [-0.05, 0) is 37.6 Å². The number of thiophene rings is 1. The van der Waals surface area contributed by atoms with Crippen molar-refractivity contribution in [1.29, 1.82) is 0 Å². The number of carbonyl (C=O) groups is 2. The number of rotatable bonds is 5. The molecule has 3 heterocycles. The second kappa shape index (κ2) is 8.42. The maximum Gasteiger partial charge on any atom is 0.262 e. The smallest absolute Gasteiger partial charge is 0.262 e. The highest BCUT2D eigenvalue weighted by molar-refractivity contribution is 7.18. The van der Waals surface area contributed by atoms with Crippen LogP contribution in [0, 0.1) is 12.3 Å². The molecule has 1 atom stereocenters. The van der Waals surface area contributed by atoms with Crippen molar-refractivity contribution in [2.45, 2.75) is 40.7 Å². The van der Waals surface area contributed by atoms with Crippen LogP contribution in [0.5, 0.6) is 0 Å². The first kappa shape index (κ1) is 21.1. The number of hydrogen-bond acceptors (Lipinski definition) is 6. The summed E-state index contributed by atoms with van der Waals surface area (Å²) in [5, 5.41) is 9.38. The van der Waals surface area contributed by atoms with Gasteiger partial charge in [0.05, 0.1) is 21.6 Å². The van der Waals surface area contributed by atoms with Crippen LogP contribution in [0.4, 0.5) is 5.00 Å². The van der Waals surface area contributed by atoms with Crippen LogP contribution in [0.3, 0.4) is 0 Å². The Balaban J connectivity index is 1.69. The van der Waals surface area contributed by atoms with Crippen molar-refractivity contribution in [2.75, 3.05) is 5.32 Å². The standard InChI is InChI=1S/C21H24N4O2S2/c1-12-10-16(25-20(27)21(3,4)5)29-17(12)18(26)23-13(2)19-24-15(11-28-19)14-6-8-22-9-7-14/h6-11,13H,1-5H3,(H,23,26)(H,25,27). The van der Waals surface area contributed by atoms with Gasteiger partial charge < -0.3 is 10.6 Å². The number of carbonyl (C=O) groups excluding carboxylic acids is 2. The Morgan fingerprint density at radius 2 is 1.86 bits per heavy atom. The minimum absolute atomic E-state index is 0.0782. The van der Waals surface area contributed by atoms with E-state index in [-0.39, 0.29) is 17.9 Å². The molecule has 0 fully saturated rings. The molecule has 6 nitrogen and oxygen atoms in total. The van der Waals surface area contributed by atoms with Gasteiger partial charge in [0, 0.05) is 28.8 Å². The van der Waals surface area contributed by atoms with Gasteiger partial charge in [-0.15, -0.1) is 22.7 Å². The normalized spacial score (nSPS) is 12.4. The van der Waals surface area contributed by atoms with Crippen LogP contribution in [0.1, 0.15) is 54.0 Å². The van der Waals surface area contributed by atoms with Crippen LogP contribution in [0.15, 0.2) is 36.0 Å². The maximum atomic E-state index is 12.8. The maximum absolute atomic E-state index is 12.8. The molecule has 152 valence electrons. The number of anilines is 1. The van der Waals surface area contributed by atoms with Crippen LogP contribution in [-0.2, 0) is 4.79 Å². The third-order valence-corrected chi connectivity index (χ3v) is 6.44. The average molecular weight is 429 g/mol. The molecule has 0 bridgehead atoms. The summed E-state index contributed by atoms with van der Waals surface area (Å²) in [5.74, 6) is -0.248. The second-order valence-electron chi connectivity index (χ2n) is 7.83. The molecular formula is C21H24N4O2S2. The van der Waals surface area contributed by atoms with E-state index in [0.29, 0.717) is 9.88 Å². The quantitative estimate of drug-likeness (QED) is 0.595. The molecule has 3 aromatic heterocycles. The Hall–Kier alpha value is -2.58. The molecule has 29 heavy (non-hydrogen) atoms. The molecule has 1 unspecified atom stereocenters. The van der Waals surface area contributed by atoms with E-state index in [1.807, 2.05) is 58.2 Å². The highest BCUT2D eigenvalue weighted by Gasteiger charge is 2.23. The van der Waals surface area contributed by atoms with Crippen LogP contribution >= 0.6 is 22.7 Å². The fourth-order valence-corrected chi connectivity index (χ4v) is 4.34. The van der Waals surface area contributed by atoms with E-state index in [9.17, 15) is 9.59 Å². The van der Waals surface area contributed by atoms with E-state index in [4.69, 9.17) is 0 Å². The van der Waals surface area contributed by atoms with Gasteiger partial charge in [0.15, 0.2) is 0 Å². The van der Waals surface area contributed by atoms with Gasteiger partial charge in [-0.2, -0.15) is 0 Å². The van der Waals surface area contributed by atoms with Crippen molar-refractivity contribution >= 4 is 39.5 Å². The largest absolute Gasteiger partial charge is 0.342 e. The Morgan fingerprint density at radius 1 is 1.17 bits per heavy atom. The summed E-state index contributed by atoms with van der Waals surface area (Å²) in [6, 6.07) is 5.42. The number of aryl methyl sites for hydroxylation is 1. The summed E-state index contributed by atoms with van der Waals surface area (Å²) < 4.78 is 0. The average Bonchev–Trinajstić information content (AvgIpc) is 3.28. The summed E-state index contributed by atoms with van der Waals surface area (Å²) in [5.41, 5.74) is 2.20. The molecule has 0 saturated carbocycles. The first-order valence-electron chi connectivity index (χ1n) is 9.23. The number of pyridine rings is 1. The molecule has 3 aromatic rings. The molecule has 0 aliphatic carbocycles. The first-order valence-corrected chi connectivity index (χ1v) is 10.9. The number of amides is 2. The summed E-state index contributed by atoms with van der Waals surface area (Å²) >= 11 is 2.79. The molecule has 8 heteroatoms. The lowest BCUT2D eigenvalue weighted by Gasteiger charge is -2.16. The molecule has 3 rings (SSSR count). The molecule has 0 saturated heterocycles. The van der Waals surface area contributed by atoms with Gasteiger partial charge in [0.25, 0.3) is 5.91 Å². The Bertz CT molecular complexity index is 1020. The lowest BCUT2D eigenvalue weighted by atomic mass is 9.96. The molecule has 0 aliphatic heterocycles. The van der Waals surface area contributed by atoms with Gasteiger partial charge in [0.2, 0.25) is 5.91 Å². The number of nitrogens with one attached hydrogen (secondary N) is 2. The van der Waals surface area contributed by atoms with Gasteiger partial charge in [0.1, 0.15) is 5.01 Å². The fourth-order valence-electron chi connectivity index (χ4n) is 2.53. The topological polar surface area (TPSA) is 84.0 Å². The minimum Gasteiger partial charge on any atom is -0.342 e. The predicted octanol–water partition coefficient (Wildman–Crippen LogP) is 5.05. The lowest BCUT2D eigenvalue weighted by Crippen LogP contribution is -2.27. The molecule has 2 amide bonds. The van der Waals surface area contributed by atoms with Crippen molar-refractivity contribution < 1.29 is 9.59 Å². The van der Waals surface area contributed by atoms with Gasteiger partial charge in [-0.1, -0.05) is 20.8 Å². The van der Waals surface area contributed by atoms with Crippen molar-refractivity contribution in [1.82, 2.24) is 15.3 Å². The number of hydrogen-bond donors (Lipinski definition) is 2. The van der Waals surface area contributed by atoms with Crippen molar-refractivity contribution in [2.24, 2.45) is 5.41 Å². The lowest BCUT2D eigenvalue weighted by molar-refractivity contribution is -0.123. The van der Waals surface area contributed by atoms with E-state index in [1.54, 1.807) is 12.4 Å². The van der Waals surface area contributed by atoms with Crippen LogP contribution in [-0.4, -0.2) is 21.8 Å². The van der Waals surface area contributed by atoms with Gasteiger partial charge in [-0.25, -0.2) is 4.98 Å². The van der Waals surface area contributed by atoms with E-state index >= 15 is 0 Å². The molecule has 0 aliphatic rings. The highest BCUT2D eigenvalue weighted by Crippen LogP contribution is 2.30. The Labute approximate surface area is 178 Å².